The van der Waals surface area contributed by atoms with Crippen molar-refractivity contribution in [3.63, 3.8) is 0 Å². The lowest BCUT2D eigenvalue weighted by atomic mass is 9.94. The van der Waals surface area contributed by atoms with Crippen LogP contribution in [0.15, 0.2) is 42.7 Å². The second-order valence-electron chi connectivity index (χ2n) is 11.6. The van der Waals surface area contributed by atoms with Gasteiger partial charge in [-0.1, -0.05) is 18.2 Å². The molecule has 2 fully saturated rings. The van der Waals surface area contributed by atoms with Crippen molar-refractivity contribution in [3.8, 4) is 28.1 Å². The maximum atomic E-state index is 12.9. The monoisotopic (exact) mass is 514 g/mol. The molecule has 9 heteroatoms. The summed E-state index contributed by atoms with van der Waals surface area (Å²) < 4.78 is 7.44. The Morgan fingerprint density at radius 2 is 1.82 bits per heavy atom. The van der Waals surface area contributed by atoms with Gasteiger partial charge in [-0.3, -0.25) is 4.68 Å². The van der Waals surface area contributed by atoms with Crippen LogP contribution in [-0.2, 0) is 11.8 Å². The lowest BCUT2D eigenvalue weighted by Gasteiger charge is -2.44. The van der Waals surface area contributed by atoms with Gasteiger partial charge in [-0.05, 0) is 70.2 Å². The van der Waals surface area contributed by atoms with Crippen molar-refractivity contribution in [3.05, 3.63) is 48.3 Å². The van der Waals surface area contributed by atoms with E-state index < -0.39 is 5.60 Å². The first-order chi connectivity index (χ1) is 18.2. The highest BCUT2D eigenvalue weighted by atomic mass is 16.6. The summed E-state index contributed by atoms with van der Waals surface area (Å²) in [7, 11) is 1.87. The van der Waals surface area contributed by atoms with Crippen LogP contribution in [0.25, 0.3) is 28.5 Å². The number of anilines is 1. The average Bonchev–Trinajstić information content (AvgIpc) is 3.42. The van der Waals surface area contributed by atoms with Gasteiger partial charge in [0, 0.05) is 54.6 Å². The molecule has 38 heavy (non-hydrogen) atoms. The molecule has 0 aliphatic carbocycles. The number of nitrogens with zero attached hydrogens (tertiary/aromatic N) is 6. The van der Waals surface area contributed by atoms with Crippen LogP contribution in [0.4, 0.5) is 10.6 Å². The number of rotatable bonds is 3. The zero-order valence-electron chi connectivity index (χ0n) is 22.3. The van der Waals surface area contributed by atoms with Gasteiger partial charge in [-0.25, -0.2) is 4.79 Å². The average molecular weight is 515 g/mol. The minimum atomic E-state index is -0.495. The molecule has 3 aromatic rings. The third-order valence-corrected chi connectivity index (χ3v) is 7.74. The lowest BCUT2D eigenvalue weighted by Crippen LogP contribution is -2.54. The maximum absolute atomic E-state index is 12.9. The summed E-state index contributed by atoms with van der Waals surface area (Å²) in [5.74, 6) is 1.01. The summed E-state index contributed by atoms with van der Waals surface area (Å²) in [5.41, 5.74) is 3.59. The van der Waals surface area contributed by atoms with Crippen LogP contribution in [-0.4, -0.2) is 66.3 Å². The SMILES string of the molecule is Cn1cc(-c2ccc(-c3cc4c(nn3)N(C3CC5CCC(C3)N5C(=O)OC(C)(C)C)CC=C4)c(O)c2)cn1. The van der Waals surface area contributed by atoms with E-state index in [1.807, 2.05) is 57.1 Å². The Hall–Kier alpha value is -3.88. The van der Waals surface area contributed by atoms with Crippen LogP contribution < -0.4 is 4.90 Å². The molecule has 1 N–H and O–H groups in total. The standard InChI is InChI=1S/C29H34N6O3/c1-29(2,3)38-28(37)35-21-8-9-22(35)15-23(14-21)34-11-5-6-19-12-25(31-32-27(19)34)24-10-7-18(13-26(24)36)20-16-30-33(4)17-20/h5-7,10,12-13,16-17,21-23,36H,8-9,11,14-15H2,1-4H3. The van der Waals surface area contributed by atoms with E-state index in [9.17, 15) is 9.90 Å². The van der Waals surface area contributed by atoms with E-state index >= 15 is 0 Å². The van der Waals surface area contributed by atoms with E-state index in [2.05, 4.69) is 32.3 Å². The van der Waals surface area contributed by atoms with Gasteiger partial charge in [0.25, 0.3) is 0 Å². The summed E-state index contributed by atoms with van der Waals surface area (Å²) in [5, 5.41) is 24.2. The van der Waals surface area contributed by atoms with E-state index in [4.69, 9.17) is 4.74 Å². The first kappa shape index (κ1) is 24.5. The van der Waals surface area contributed by atoms with Gasteiger partial charge in [0.1, 0.15) is 11.4 Å². The van der Waals surface area contributed by atoms with Gasteiger partial charge < -0.3 is 19.6 Å². The van der Waals surface area contributed by atoms with Crippen LogP contribution in [0.3, 0.4) is 0 Å². The number of phenols is 1. The van der Waals surface area contributed by atoms with Gasteiger partial charge >= 0.3 is 6.09 Å². The number of hydrogen-bond acceptors (Lipinski definition) is 7. The van der Waals surface area contributed by atoms with Crippen molar-refractivity contribution >= 4 is 18.0 Å². The predicted molar refractivity (Wildman–Crippen MR) is 146 cm³/mol. The number of amides is 1. The molecule has 2 unspecified atom stereocenters. The van der Waals surface area contributed by atoms with Crippen LogP contribution >= 0.6 is 0 Å². The normalized spacial score (nSPS) is 22.5. The van der Waals surface area contributed by atoms with Crippen LogP contribution in [0, 0.1) is 0 Å². The highest BCUT2D eigenvalue weighted by molar-refractivity contribution is 5.77. The molecule has 1 aromatic carbocycles. The summed E-state index contributed by atoms with van der Waals surface area (Å²) in [6.45, 7) is 6.51. The van der Waals surface area contributed by atoms with Crippen molar-refractivity contribution in [1.82, 2.24) is 24.9 Å². The Morgan fingerprint density at radius 1 is 1.05 bits per heavy atom. The largest absolute Gasteiger partial charge is 0.507 e. The Balaban J connectivity index is 1.22. The molecule has 9 nitrogen and oxygen atoms in total. The molecule has 2 bridgehead atoms. The zero-order chi connectivity index (χ0) is 26.6. The number of benzene rings is 1. The third kappa shape index (κ3) is 4.50. The smallest absolute Gasteiger partial charge is 0.410 e. The van der Waals surface area contributed by atoms with E-state index in [0.29, 0.717) is 11.3 Å². The number of aryl methyl sites for hydroxylation is 1. The van der Waals surface area contributed by atoms with Crippen LogP contribution in [0.5, 0.6) is 5.75 Å². The highest BCUT2D eigenvalue weighted by Crippen LogP contribution is 2.41. The van der Waals surface area contributed by atoms with Gasteiger partial charge in [0.15, 0.2) is 5.82 Å². The number of hydrogen-bond donors (Lipinski definition) is 1. The highest BCUT2D eigenvalue weighted by Gasteiger charge is 2.46. The number of phenolic OH excluding ortho intramolecular Hbond substituents is 1. The molecule has 0 radical (unpaired) electrons. The Kier molecular flexibility index (Phi) is 5.89. The van der Waals surface area contributed by atoms with Gasteiger partial charge in [0.2, 0.25) is 0 Å². The predicted octanol–water partition coefficient (Wildman–Crippen LogP) is 5.01. The molecule has 3 aliphatic rings. The number of piperidine rings is 1. The van der Waals surface area contributed by atoms with Gasteiger partial charge in [-0.2, -0.15) is 5.10 Å². The second kappa shape index (κ2) is 9.15. The number of aromatic hydroxyl groups is 1. The van der Waals surface area contributed by atoms with Crippen molar-refractivity contribution in [2.75, 3.05) is 11.4 Å². The Morgan fingerprint density at radius 3 is 2.47 bits per heavy atom. The Labute approximate surface area is 222 Å². The molecular weight excluding hydrogens is 480 g/mol. The topological polar surface area (TPSA) is 96.6 Å². The quantitative estimate of drug-likeness (QED) is 0.525. The molecule has 3 aliphatic heterocycles. The minimum Gasteiger partial charge on any atom is -0.507 e. The molecule has 2 aromatic heterocycles. The van der Waals surface area contributed by atoms with E-state index in [-0.39, 0.29) is 30.0 Å². The minimum absolute atomic E-state index is 0.156. The zero-order valence-corrected chi connectivity index (χ0v) is 22.3. The first-order valence-electron chi connectivity index (χ1n) is 13.3. The van der Waals surface area contributed by atoms with E-state index in [1.54, 1.807) is 16.9 Å². The molecule has 198 valence electrons. The van der Waals surface area contributed by atoms with Crippen LogP contribution in [0.1, 0.15) is 52.0 Å². The number of fused-ring (bicyclic) bond motifs is 3. The summed E-state index contributed by atoms with van der Waals surface area (Å²) in [6, 6.07) is 8.22. The summed E-state index contributed by atoms with van der Waals surface area (Å²) in [6.07, 6.45) is 11.5. The molecule has 0 saturated carbocycles. The first-order valence-corrected chi connectivity index (χ1v) is 13.3. The van der Waals surface area contributed by atoms with E-state index in [1.165, 1.54) is 0 Å². The van der Waals surface area contributed by atoms with Crippen molar-refractivity contribution < 1.29 is 14.6 Å². The third-order valence-electron chi connectivity index (χ3n) is 7.74. The molecule has 6 rings (SSSR count). The van der Waals surface area contributed by atoms with Gasteiger partial charge in [-0.15, -0.1) is 10.2 Å². The lowest BCUT2D eigenvalue weighted by molar-refractivity contribution is 0.00587. The fourth-order valence-electron chi connectivity index (χ4n) is 6.09. The van der Waals surface area contributed by atoms with Crippen LogP contribution in [0.2, 0.25) is 0 Å². The number of carbonyl (C=O) groups is 1. The fraction of sp³-hybridized carbons (Fsp3) is 0.448. The molecule has 1 amide bonds. The van der Waals surface area contributed by atoms with Crippen molar-refractivity contribution in [2.45, 2.75) is 70.2 Å². The Bertz CT molecular complexity index is 1390. The molecule has 2 saturated heterocycles. The molecular formula is C29H34N6O3. The number of aromatic nitrogens is 4. The summed E-state index contributed by atoms with van der Waals surface area (Å²) >= 11 is 0. The van der Waals surface area contributed by atoms with Crippen molar-refractivity contribution in [2.24, 2.45) is 7.05 Å². The molecule has 5 heterocycles. The summed E-state index contributed by atoms with van der Waals surface area (Å²) in [4.78, 5) is 17.2. The van der Waals surface area contributed by atoms with Crippen molar-refractivity contribution in [1.29, 1.82) is 0 Å². The molecule has 2 atom stereocenters. The number of ether oxygens (including phenoxy) is 1. The fourth-order valence-corrected chi connectivity index (χ4v) is 6.09. The van der Waals surface area contributed by atoms with Gasteiger partial charge in [0.05, 0.1) is 11.9 Å². The maximum Gasteiger partial charge on any atom is 0.410 e. The molecule has 0 spiro atoms. The second-order valence-corrected chi connectivity index (χ2v) is 11.6. The van der Waals surface area contributed by atoms with E-state index in [0.717, 1.165) is 54.7 Å². The number of carbonyl (C=O) groups excluding carboxylic acids is 1.